The number of thiazole rings is 1. The number of methoxy groups -OCH3 is 1. The number of amides is 1. The van der Waals surface area contributed by atoms with Gasteiger partial charge in [-0.1, -0.05) is 30.3 Å². The zero-order valence-corrected chi connectivity index (χ0v) is 17.8. The molecule has 0 saturated carbocycles. The highest BCUT2D eigenvalue weighted by Gasteiger charge is 2.09. The number of carbonyl (C=O) groups excluding carboxylic acids is 2. The Morgan fingerprint density at radius 2 is 1.97 bits per heavy atom. The molecule has 3 rings (SSSR count). The maximum absolute atomic E-state index is 12.2. The van der Waals surface area contributed by atoms with Crippen LogP contribution in [0.3, 0.4) is 0 Å². The number of carbonyl (C=O) groups is 2. The molecule has 0 radical (unpaired) electrons. The average Bonchev–Trinajstić information content (AvgIpc) is 3.20. The van der Waals surface area contributed by atoms with Crippen molar-refractivity contribution in [2.75, 3.05) is 7.11 Å². The number of ether oxygens (including phenoxy) is 2. The lowest BCUT2D eigenvalue weighted by Gasteiger charge is -2.08. The van der Waals surface area contributed by atoms with Crippen LogP contribution >= 0.6 is 11.3 Å². The summed E-state index contributed by atoms with van der Waals surface area (Å²) >= 11 is 1.56. The standard InChI is InChI=1S/C23H22N2O4S/c1-15-6-4-5-7-19(15)23-25-18(14-30-23)13-24-22(27)11-9-17-8-10-20(29-16(2)26)21(12-17)28-3/h4-12,14H,13H2,1-3H3,(H,24,27)/b11-9+. The first-order valence-corrected chi connectivity index (χ1v) is 10.2. The van der Waals surface area contributed by atoms with Crippen LogP contribution in [0.5, 0.6) is 11.5 Å². The molecular formula is C23H22N2O4S. The number of hydrogen-bond donors (Lipinski definition) is 1. The molecule has 6 nitrogen and oxygen atoms in total. The van der Waals surface area contributed by atoms with Crippen LogP contribution in [-0.4, -0.2) is 24.0 Å². The van der Waals surface area contributed by atoms with Crippen LogP contribution < -0.4 is 14.8 Å². The van der Waals surface area contributed by atoms with Crippen LogP contribution in [-0.2, 0) is 16.1 Å². The summed E-state index contributed by atoms with van der Waals surface area (Å²) in [6, 6.07) is 13.1. The van der Waals surface area contributed by atoms with Gasteiger partial charge < -0.3 is 14.8 Å². The van der Waals surface area contributed by atoms with E-state index in [-0.39, 0.29) is 5.91 Å². The highest BCUT2D eigenvalue weighted by molar-refractivity contribution is 7.13. The maximum Gasteiger partial charge on any atom is 0.308 e. The number of nitrogens with zero attached hydrogens (tertiary/aromatic N) is 1. The fourth-order valence-corrected chi connectivity index (χ4v) is 3.67. The van der Waals surface area contributed by atoms with Crippen LogP contribution in [0.15, 0.2) is 53.9 Å². The predicted octanol–water partition coefficient (Wildman–Crippen LogP) is 4.38. The zero-order chi connectivity index (χ0) is 21.5. The van der Waals surface area contributed by atoms with Gasteiger partial charge in [-0.05, 0) is 36.3 Å². The van der Waals surface area contributed by atoms with E-state index in [4.69, 9.17) is 9.47 Å². The molecule has 7 heteroatoms. The summed E-state index contributed by atoms with van der Waals surface area (Å²) in [6.07, 6.45) is 3.10. The van der Waals surface area contributed by atoms with Crippen LogP contribution in [0.2, 0.25) is 0 Å². The first-order valence-electron chi connectivity index (χ1n) is 9.29. The molecule has 0 atom stereocenters. The molecule has 0 aliphatic rings. The molecule has 30 heavy (non-hydrogen) atoms. The molecule has 1 amide bonds. The zero-order valence-electron chi connectivity index (χ0n) is 17.0. The molecule has 0 fully saturated rings. The highest BCUT2D eigenvalue weighted by Crippen LogP contribution is 2.29. The van der Waals surface area contributed by atoms with Gasteiger partial charge in [0.2, 0.25) is 5.91 Å². The van der Waals surface area contributed by atoms with E-state index in [1.807, 2.05) is 23.6 Å². The molecule has 0 aliphatic carbocycles. The lowest BCUT2D eigenvalue weighted by Crippen LogP contribution is -2.20. The van der Waals surface area contributed by atoms with Crippen molar-refractivity contribution in [1.29, 1.82) is 0 Å². The van der Waals surface area contributed by atoms with Crippen molar-refractivity contribution < 1.29 is 19.1 Å². The molecule has 0 spiro atoms. The minimum atomic E-state index is -0.427. The summed E-state index contributed by atoms with van der Waals surface area (Å²) in [4.78, 5) is 27.9. The van der Waals surface area contributed by atoms with Crippen molar-refractivity contribution in [2.45, 2.75) is 20.4 Å². The molecule has 1 aromatic heterocycles. The lowest BCUT2D eigenvalue weighted by atomic mass is 10.1. The van der Waals surface area contributed by atoms with E-state index in [9.17, 15) is 9.59 Å². The number of aromatic nitrogens is 1. The summed E-state index contributed by atoms with van der Waals surface area (Å²) in [7, 11) is 1.49. The van der Waals surface area contributed by atoms with E-state index in [1.165, 1.54) is 25.7 Å². The topological polar surface area (TPSA) is 77.5 Å². The number of rotatable bonds is 7. The molecule has 0 bridgehead atoms. The van der Waals surface area contributed by atoms with E-state index >= 15 is 0 Å². The first-order chi connectivity index (χ1) is 14.5. The highest BCUT2D eigenvalue weighted by atomic mass is 32.1. The fraction of sp³-hybridized carbons (Fsp3) is 0.174. The summed E-state index contributed by atoms with van der Waals surface area (Å²) < 4.78 is 10.3. The van der Waals surface area contributed by atoms with Gasteiger partial charge in [-0.2, -0.15) is 0 Å². The quantitative estimate of drug-likeness (QED) is 0.347. The van der Waals surface area contributed by atoms with Crippen molar-refractivity contribution in [1.82, 2.24) is 10.3 Å². The largest absolute Gasteiger partial charge is 0.493 e. The smallest absolute Gasteiger partial charge is 0.308 e. The molecule has 0 unspecified atom stereocenters. The van der Waals surface area contributed by atoms with Gasteiger partial charge in [0.25, 0.3) is 0 Å². The van der Waals surface area contributed by atoms with Crippen molar-refractivity contribution in [3.05, 3.63) is 70.7 Å². The Kier molecular flexibility index (Phi) is 6.98. The lowest BCUT2D eigenvalue weighted by molar-refractivity contribution is -0.132. The maximum atomic E-state index is 12.2. The Balaban J connectivity index is 1.59. The Hall–Kier alpha value is -3.45. The number of benzene rings is 2. The Morgan fingerprint density at radius 3 is 2.70 bits per heavy atom. The molecule has 3 aromatic rings. The monoisotopic (exact) mass is 422 g/mol. The summed E-state index contributed by atoms with van der Waals surface area (Å²) in [5.74, 6) is 0.0885. The van der Waals surface area contributed by atoms with Crippen molar-refractivity contribution >= 4 is 29.3 Å². The second-order valence-corrected chi connectivity index (χ2v) is 7.37. The third-order valence-electron chi connectivity index (χ3n) is 4.24. The Bertz CT molecular complexity index is 1090. The van der Waals surface area contributed by atoms with Crippen LogP contribution in [0.1, 0.15) is 23.7 Å². The third kappa shape index (κ3) is 5.55. The summed E-state index contributed by atoms with van der Waals surface area (Å²) in [5.41, 5.74) is 3.83. The van der Waals surface area contributed by atoms with E-state index in [0.29, 0.717) is 18.0 Å². The van der Waals surface area contributed by atoms with E-state index in [0.717, 1.165) is 21.8 Å². The van der Waals surface area contributed by atoms with Gasteiger partial charge in [0.1, 0.15) is 5.01 Å². The number of aryl methyl sites for hydroxylation is 1. The molecule has 0 aliphatic heterocycles. The van der Waals surface area contributed by atoms with Gasteiger partial charge in [-0.3, -0.25) is 9.59 Å². The summed E-state index contributed by atoms with van der Waals surface area (Å²) in [5, 5.41) is 5.72. The molecule has 1 N–H and O–H groups in total. The van der Waals surface area contributed by atoms with Gasteiger partial charge in [-0.25, -0.2) is 4.98 Å². The number of esters is 1. The van der Waals surface area contributed by atoms with E-state index in [2.05, 4.69) is 23.3 Å². The van der Waals surface area contributed by atoms with Gasteiger partial charge in [0.05, 0.1) is 19.3 Å². The number of hydrogen-bond acceptors (Lipinski definition) is 6. The molecule has 0 saturated heterocycles. The second kappa shape index (κ2) is 9.84. The molecule has 1 heterocycles. The second-order valence-electron chi connectivity index (χ2n) is 6.51. The molecule has 154 valence electrons. The van der Waals surface area contributed by atoms with Gasteiger partial charge in [0.15, 0.2) is 11.5 Å². The van der Waals surface area contributed by atoms with Gasteiger partial charge in [0, 0.05) is 23.9 Å². The van der Waals surface area contributed by atoms with Crippen molar-refractivity contribution in [3.63, 3.8) is 0 Å². The minimum Gasteiger partial charge on any atom is -0.493 e. The first kappa shape index (κ1) is 21.3. The number of nitrogens with one attached hydrogen (secondary N) is 1. The van der Waals surface area contributed by atoms with Gasteiger partial charge in [-0.15, -0.1) is 11.3 Å². The third-order valence-corrected chi connectivity index (χ3v) is 5.16. The molecule has 2 aromatic carbocycles. The van der Waals surface area contributed by atoms with Crippen LogP contribution in [0.4, 0.5) is 0 Å². The van der Waals surface area contributed by atoms with Crippen LogP contribution in [0.25, 0.3) is 16.6 Å². The van der Waals surface area contributed by atoms with Crippen molar-refractivity contribution in [2.24, 2.45) is 0 Å². The molecular weight excluding hydrogens is 400 g/mol. The fourth-order valence-electron chi connectivity index (χ4n) is 2.76. The Labute approximate surface area is 179 Å². The minimum absolute atomic E-state index is 0.233. The van der Waals surface area contributed by atoms with E-state index < -0.39 is 5.97 Å². The summed E-state index contributed by atoms with van der Waals surface area (Å²) in [6.45, 7) is 3.72. The van der Waals surface area contributed by atoms with Crippen molar-refractivity contribution in [3.8, 4) is 22.1 Å². The Morgan fingerprint density at radius 1 is 1.17 bits per heavy atom. The van der Waals surface area contributed by atoms with Crippen LogP contribution in [0, 0.1) is 6.92 Å². The van der Waals surface area contributed by atoms with Gasteiger partial charge >= 0.3 is 5.97 Å². The SMILES string of the molecule is COc1cc(/C=C/C(=O)NCc2csc(-c3ccccc3C)n2)ccc1OC(C)=O. The predicted molar refractivity (Wildman–Crippen MR) is 117 cm³/mol. The van der Waals surface area contributed by atoms with E-state index in [1.54, 1.807) is 35.6 Å². The average molecular weight is 423 g/mol. The normalized spacial score (nSPS) is 10.8.